The molecule has 0 atom stereocenters. The number of para-hydroxylation sites is 2. The van der Waals surface area contributed by atoms with Crippen molar-refractivity contribution in [2.24, 2.45) is 0 Å². The van der Waals surface area contributed by atoms with E-state index >= 15 is 0 Å². The topological polar surface area (TPSA) is 9.86 Å². The molecule has 0 spiro atoms. The van der Waals surface area contributed by atoms with Crippen molar-refractivity contribution in [3.05, 3.63) is 218 Å². The second-order valence-corrected chi connectivity index (χ2v) is 14.0. The maximum Gasteiger partial charge on any atom is 0.0645 e. The third kappa shape index (κ3) is 5.26. The van der Waals surface area contributed by atoms with Crippen molar-refractivity contribution < 1.29 is 9.60 Å². The lowest BCUT2D eigenvalue weighted by molar-refractivity contribution is 1.18. The number of nitrogens with zero attached hydrogens (tertiary/aromatic N) is 2. The predicted octanol–water partition coefficient (Wildman–Crippen LogP) is 14.5. The van der Waals surface area contributed by atoms with Gasteiger partial charge in [0.05, 0.1) is 31.7 Å². The molecule has 2 aromatic heterocycles. The van der Waals surface area contributed by atoms with Gasteiger partial charge >= 0.3 is 0 Å². The first-order chi connectivity index (χ1) is 30.7. The van der Waals surface area contributed by atoms with Crippen LogP contribution in [-0.2, 0) is 0 Å². The molecule has 0 N–H and O–H groups in total. The minimum absolute atomic E-state index is 0.0793. The summed E-state index contributed by atoms with van der Waals surface area (Å²) in [4.78, 5) is 0. The molecule has 0 bridgehead atoms. The van der Waals surface area contributed by atoms with E-state index in [2.05, 4.69) is 71.3 Å². The van der Waals surface area contributed by atoms with E-state index < -0.39 is 12.1 Å². The fourth-order valence-corrected chi connectivity index (χ4v) is 8.16. The molecule has 0 aliphatic carbocycles. The molecule has 2 heteroatoms. The molecule has 0 aliphatic rings. The second-order valence-electron chi connectivity index (χ2n) is 14.0. The smallest absolute Gasteiger partial charge is 0.0645 e. The Balaban J connectivity index is 1.17. The Labute approximate surface area is 335 Å². The zero-order valence-electron chi connectivity index (χ0n) is 37.1. The molecule has 2 nitrogen and oxygen atoms in total. The highest BCUT2D eigenvalue weighted by molar-refractivity contribution is 6.13. The highest BCUT2D eigenvalue weighted by Crippen LogP contribution is 2.41. The Morgan fingerprint density at radius 2 is 0.804 bits per heavy atom. The monoisotopic (exact) mass is 719 g/mol. The standard InChI is InChI=1S/C54H36N2/c1-4-14-37(15-5-1)38-24-29-44(30-25-38)56-51-23-13-12-22-47(51)48-34-40(26-31-52(48)56)41-27-32-53-49(35-41)50-36-42(28-33-54(50)55(53)43-18-8-3-9-19-43)46-21-11-10-20-45(46)39-16-6-2-7-17-39/h1-36H/i12D,13D,22D,23D,26D,31D,34D. The molecule has 11 rings (SSSR count). The van der Waals surface area contributed by atoms with Crippen LogP contribution in [0.1, 0.15) is 9.60 Å². The first-order valence-corrected chi connectivity index (χ1v) is 18.7. The third-order valence-corrected chi connectivity index (χ3v) is 10.8. The largest absolute Gasteiger partial charge is 0.309 e. The number of benzene rings is 9. The maximum absolute atomic E-state index is 9.90. The number of hydrogen-bond acceptors (Lipinski definition) is 0. The van der Waals surface area contributed by atoms with E-state index in [1.165, 1.54) is 0 Å². The first-order valence-electron chi connectivity index (χ1n) is 22.2. The predicted molar refractivity (Wildman–Crippen MR) is 237 cm³/mol. The lowest BCUT2D eigenvalue weighted by Crippen LogP contribution is -1.94. The van der Waals surface area contributed by atoms with Crippen molar-refractivity contribution in [3.63, 3.8) is 0 Å². The Kier molecular flexibility index (Phi) is 6.01. The summed E-state index contributed by atoms with van der Waals surface area (Å²) in [5.41, 5.74) is 10.9. The molecule has 0 fully saturated rings. The van der Waals surface area contributed by atoms with Crippen molar-refractivity contribution in [3.8, 4) is 55.9 Å². The van der Waals surface area contributed by atoms with Crippen LogP contribution in [-0.4, -0.2) is 9.13 Å². The Morgan fingerprint density at radius 1 is 0.304 bits per heavy atom. The van der Waals surface area contributed by atoms with E-state index in [0.717, 1.165) is 60.9 Å². The summed E-state index contributed by atoms with van der Waals surface area (Å²) in [6.07, 6.45) is 0. The average Bonchev–Trinajstić information content (AvgIpc) is 3.87. The van der Waals surface area contributed by atoms with Gasteiger partial charge in [-0.1, -0.05) is 152 Å². The summed E-state index contributed by atoms with van der Waals surface area (Å²) < 4.78 is 68.6. The normalized spacial score (nSPS) is 13.3. The molecular formula is C54H36N2. The molecular weight excluding hydrogens is 677 g/mol. The van der Waals surface area contributed by atoms with Crippen LogP contribution in [0.4, 0.5) is 0 Å². The zero-order chi connectivity index (χ0) is 43.1. The molecule has 11 aromatic rings. The van der Waals surface area contributed by atoms with Gasteiger partial charge in [-0.15, -0.1) is 0 Å². The SMILES string of the molecule is [2H]c1c([2H])c([2H])c2c(c1[2H])c1c([2H])c(-c3ccc4c(c3)c3cc(-c5ccccc5-c5ccccc5)ccc3n4-c3ccccc3)c([2H])c([2H])c1n2-c1ccc(-c2ccccc2)cc1. The van der Waals surface area contributed by atoms with Gasteiger partial charge in [0.15, 0.2) is 0 Å². The first kappa shape index (κ1) is 25.6. The van der Waals surface area contributed by atoms with Crippen LogP contribution in [0.3, 0.4) is 0 Å². The minimum Gasteiger partial charge on any atom is -0.309 e. The number of aromatic nitrogens is 2. The minimum atomic E-state index is -0.423. The van der Waals surface area contributed by atoms with Gasteiger partial charge in [0.25, 0.3) is 0 Å². The summed E-state index contributed by atoms with van der Waals surface area (Å²) in [5.74, 6) is 0. The number of hydrogen-bond donors (Lipinski definition) is 0. The van der Waals surface area contributed by atoms with Gasteiger partial charge in [0.1, 0.15) is 0 Å². The second kappa shape index (κ2) is 13.2. The van der Waals surface area contributed by atoms with Gasteiger partial charge in [-0.25, -0.2) is 0 Å². The van der Waals surface area contributed by atoms with E-state index in [1.54, 1.807) is 4.57 Å². The quantitative estimate of drug-likeness (QED) is 0.162. The summed E-state index contributed by atoms with van der Waals surface area (Å²) in [7, 11) is 0. The van der Waals surface area contributed by atoms with E-state index in [0.29, 0.717) is 11.3 Å². The van der Waals surface area contributed by atoms with Gasteiger partial charge in [-0.3, -0.25) is 0 Å². The Bertz CT molecular complexity index is 3620. The van der Waals surface area contributed by atoms with Crippen LogP contribution >= 0.6 is 0 Å². The highest BCUT2D eigenvalue weighted by atomic mass is 15.0. The van der Waals surface area contributed by atoms with Crippen molar-refractivity contribution >= 4 is 43.6 Å². The molecule has 9 aromatic carbocycles. The number of rotatable bonds is 6. The molecule has 0 amide bonds. The van der Waals surface area contributed by atoms with E-state index in [-0.39, 0.29) is 57.6 Å². The van der Waals surface area contributed by atoms with E-state index in [4.69, 9.17) is 4.11 Å². The zero-order valence-corrected chi connectivity index (χ0v) is 30.1. The summed E-state index contributed by atoms with van der Waals surface area (Å²) in [6.45, 7) is 0. The molecule has 0 unspecified atom stereocenters. The van der Waals surface area contributed by atoms with Crippen molar-refractivity contribution in [2.45, 2.75) is 0 Å². The lowest BCUT2D eigenvalue weighted by atomic mass is 9.93. The van der Waals surface area contributed by atoms with Gasteiger partial charge in [0.2, 0.25) is 0 Å². The maximum atomic E-state index is 9.90. The van der Waals surface area contributed by atoms with Crippen molar-refractivity contribution in [1.29, 1.82) is 0 Å². The fraction of sp³-hybridized carbons (Fsp3) is 0. The molecule has 262 valence electrons. The highest BCUT2D eigenvalue weighted by Gasteiger charge is 2.18. The number of fused-ring (bicyclic) bond motifs is 6. The molecule has 0 saturated carbocycles. The lowest BCUT2D eigenvalue weighted by Gasteiger charge is -2.11. The summed E-state index contributed by atoms with van der Waals surface area (Å²) in [6, 6.07) is 56.9. The average molecular weight is 720 g/mol. The van der Waals surface area contributed by atoms with Crippen LogP contribution in [0.15, 0.2) is 218 Å². The third-order valence-electron chi connectivity index (χ3n) is 10.8. The molecule has 2 heterocycles. The van der Waals surface area contributed by atoms with Crippen molar-refractivity contribution in [1.82, 2.24) is 9.13 Å². The van der Waals surface area contributed by atoms with E-state index in [1.807, 2.05) is 109 Å². The van der Waals surface area contributed by atoms with E-state index in [9.17, 15) is 5.48 Å². The van der Waals surface area contributed by atoms with Gasteiger partial charge in [0, 0.05) is 32.9 Å². The molecule has 56 heavy (non-hydrogen) atoms. The molecule has 0 aliphatic heterocycles. The Morgan fingerprint density at radius 3 is 1.52 bits per heavy atom. The van der Waals surface area contributed by atoms with Crippen molar-refractivity contribution in [2.75, 3.05) is 0 Å². The molecule has 0 radical (unpaired) electrons. The van der Waals surface area contributed by atoms with Crippen LogP contribution < -0.4 is 0 Å². The Hall–Kier alpha value is -7.42. The summed E-state index contributed by atoms with van der Waals surface area (Å²) in [5, 5.41) is 2.22. The van der Waals surface area contributed by atoms with Gasteiger partial charge in [-0.05, 0) is 111 Å². The van der Waals surface area contributed by atoms with Gasteiger partial charge < -0.3 is 9.13 Å². The summed E-state index contributed by atoms with van der Waals surface area (Å²) >= 11 is 0. The molecule has 0 saturated heterocycles. The fourth-order valence-electron chi connectivity index (χ4n) is 8.16. The van der Waals surface area contributed by atoms with Crippen LogP contribution in [0.2, 0.25) is 0 Å². The van der Waals surface area contributed by atoms with Gasteiger partial charge in [-0.2, -0.15) is 0 Å². The van der Waals surface area contributed by atoms with Crippen LogP contribution in [0.5, 0.6) is 0 Å². The van der Waals surface area contributed by atoms with Crippen LogP contribution in [0, 0.1) is 0 Å². The van der Waals surface area contributed by atoms with Crippen LogP contribution in [0.25, 0.3) is 99.5 Å².